The Labute approximate surface area is 126 Å². The second-order valence-corrected chi connectivity index (χ2v) is 5.18. The van der Waals surface area contributed by atoms with E-state index in [9.17, 15) is 18.0 Å². The molecule has 8 heteroatoms. The number of nitrogens with one attached hydrogen (secondary N) is 2. The van der Waals surface area contributed by atoms with Gasteiger partial charge in [0.25, 0.3) is 0 Å². The number of benzene rings is 1. The molecule has 1 unspecified atom stereocenters. The molecule has 0 saturated carbocycles. The minimum atomic E-state index is -4.75. The molecule has 0 saturated heterocycles. The predicted octanol–water partition coefficient (Wildman–Crippen LogP) is 3.11. The summed E-state index contributed by atoms with van der Waals surface area (Å²) in [6.07, 6.45) is -4.14. The highest BCUT2D eigenvalue weighted by Crippen LogP contribution is 2.23. The third-order valence-electron chi connectivity index (χ3n) is 2.66. The maximum absolute atomic E-state index is 12.0. The topological polar surface area (TPSA) is 70.6 Å². The smallest absolute Gasteiger partial charge is 0.406 e. The van der Waals surface area contributed by atoms with Gasteiger partial charge >= 0.3 is 12.4 Å². The Bertz CT molecular complexity index is 475. The van der Waals surface area contributed by atoms with E-state index in [1.807, 2.05) is 13.8 Å². The lowest BCUT2D eigenvalue weighted by Gasteiger charge is -2.18. The van der Waals surface area contributed by atoms with Gasteiger partial charge in [-0.1, -0.05) is 13.8 Å². The Morgan fingerprint density at radius 2 is 1.86 bits per heavy atom. The molecule has 1 atom stereocenters. The number of hydrogen-bond acceptors (Lipinski definition) is 3. The van der Waals surface area contributed by atoms with E-state index >= 15 is 0 Å². The summed E-state index contributed by atoms with van der Waals surface area (Å²) in [5.74, 6) is -0.0669. The van der Waals surface area contributed by atoms with Gasteiger partial charge in [-0.2, -0.15) is 0 Å². The third kappa shape index (κ3) is 7.16. The maximum atomic E-state index is 12.0. The number of urea groups is 1. The quantitative estimate of drug-likeness (QED) is 0.754. The molecule has 0 fully saturated rings. The van der Waals surface area contributed by atoms with Crippen LogP contribution in [0.4, 0.5) is 23.7 Å². The predicted molar refractivity (Wildman–Crippen MR) is 75.6 cm³/mol. The molecule has 1 aromatic carbocycles. The normalized spacial score (nSPS) is 12.9. The van der Waals surface area contributed by atoms with Gasteiger partial charge in [0, 0.05) is 5.69 Å². The lowest BCUT2D eigenvalue weighted by Crippen LogP contribution is -2.40. The highest BCUT2D eigenvalue weighted by Gasteiger charge is 2.30. The minimum Gasteiger partial charge on any atom is -0.406 e. The first-order chi connectivity index (χ1) is 10.2. The van der Waals surface area contributed by atoms with Crippen LogP contribution in [0.15, 0.2) is 24.3 Å². The molecule has 22 heavy (non-hydrogen) atoms. The van der Waals surface area contributed by atoms with Crippen molar-refractivity contribution >= 4 is 11.7 Å². The SMILES string of the molecule is CC(C)CC(CO)NC(=O)Nc1ccc(OC(F)(F)F)cc1. The standard InChI is InChI=1S/C14H19F3N2O3/c1-9(2)7-11(8-20)19-13(21)18-10-3-5-12(6-4-10)22-14(15,16)17/h3-6,9,11,20H,7-8H2,1-2H3,(H2,18,19,21). The van der Waals surface area contributed by atoms with Crippen LogP contribution in [0.3, 0.4) is 0 Å². The fourth-order valence-corrected chi connectivity index (χ4v) is 1.84. The molecule has 0 bridgehead atoms. The van der Waals surface area contributed by atoms with Gasteiger partial charge < -0.3 is 20.5 Å². The molecule has 0 aliphatic heterocycles. The molecule has 0 spiro atoms. The summed E-state index contributed by atoms with van der Waals surface area (Å²) in [6.45, 7) is 3.73. The van der Waals surface area contributed by atoms with Crippen molar-refractivity contribution in [1.29, 1.82) is 0 Å². The van der Waals surface area contributed by atoms with Crippen molar-refractivity contribution in [3.8, 4) is 5.75 Å². The number of carbonyl (C=O) groups excluding carboxylic acids is 1. The fourth-order valence-electron chi connectivity index (χ4n) is 1.84. The van der Waals surface area contributed by atoms with Gasteiger partial charge in [0.15, 0.2) is 0 Å². The lowest BCUT2D eigenvalue weighted by molar-refractivity contribution is -0.274. The number of aliphatic hydroxyl groups is 1. The van der Waals surface area contributed by atoms with Gasteiger partial charge in [0.05, 0.1) is 12.6 Å². The maximum Gasteiger partial charge on any atom is 0.573 e. The van der Waals surface area contributed by atoms with Crippen LogP contribution in [0.1, 0.15) is 20.3 Å². The zero-order valence-corrected chi connectivity index (χ0v) is 12.3. The van der Waals surface area contributed by atoms with Crippen LogP contribution in [-0.4, -0.2) is 30.1 Å². The van der Waals surface area contributed by atoms with Gasteiger partial charge in [-0.05, 0) is 36.6 Å². The average Bonchev–Trinajstić information content (AvgIpc) is 2.38. The Kier molecular flexibility index (Phi) is 6.48. The number of aliphatic hydroxyl groups excluding tert-OH is 1. The molecule has 3 N–H and O–H groups in total. The van der Waals surface area contributed by atoms with Crippen molar-refractivity contribution in [2.24, 2.45) is 5.92 Å². The number of alkyl halides is 3. The lowest BCUT2D eigenvalue weighted by atomic mass is 10.0. The zero-order chi connectivity index (χ0) is 16.8. The van der Waals surface area contributed by atoms with Crippen LogP contribution >= 0.6 is 0 Å². The Balaban J connectivity index is 2.54. The van der Waals surface area contributed by atoms with Gasteiger partial charge in [0.2, 0.25) is 0 Å². The van der Waals surface area contributed by atoms with Gasteiger partial charge in [-0.25, -0.2) is 4.79 Å². The molecule has 0 heterocycles. The van der Waals surface area contributed by atoms with Crippen LogP contribution < -0.4 is 15.4 Å². The van der Waals surface area contributed by atoms with E-state index in [2.05, 4.69) is 15.4 Å². The first kappa shape index (κ1) is 18.1. The van der Waals surface area contributed by atoms with E-state index in [0.29, 0.717) is 18.0 Å². The molecule has 1 aromatic rings. The average molecular weight is 320 g/mol. The summed E-state index contributed by atoms with van der Waals surface area (Å²) in [5, 5.41) is 14.2. The number of hydrogen-bond donors (Lipinski definition) is 3. The van der Waals surface area contributed by atoms with E-state index in [-0.39, 0.29) is 18.4 Å². The summed E-state index contributed by atoms with van der Waals surface area (Å²) >= 11 is 0. The molecular formula is C14H19F3N2O3. The van der Waals surface area contributed by atoms with Gasteiger partial charge in [-0.3, -0.25) is 0 Å². The van der Waals surface area contributed by atoms with Gasteiger partial charge in [-0.15, -0.1) is 13.2 Å². The highest BCUT2D eigenvalue weighted by molar-refractivity contribution is 5.89. The molecule has 1 rings (SSSR count). The van der Waals surface area contributed by atoms with Crippen LogP contribution in [0.25, 0.3) is 0 Å². The number of amides is 2. The summed E-state index contributed by atoms with van der Waals surface area (Å²) in [5.41, 5.74) is 0.313. The molecule has 0 aliphatic rings. The zero-order valence-electron chi connectivity index (χ0n) is 12.3. The Morgan fingerprint density at radius 1 is 1.27 bits per heavy atom. The molecule has 2 amide bonds. The van der Waals surface area contributed by atoms with E-state index in [0.717, 1.165) is 12.1 Å². The van der Waals surface area contributed by atoms with E-state index in [1.165, 1.54) is 12.1 Å². The minimum absolute atomic E-state index is 0.191. The van der Waals surface area contributed by atoms with Crippen LogP contribution in [0.2, 0.25) is 0 Å². The fraction of sp³-hybridized carbons (Fsp3) is 0.500. The van der Waals surface area contributed by atoms with Crippen LogP contribution in [0, 0.1) is 5.92 Å². The first-order valence-electron chi connectivity index (χ1n) is 6.74. The molecular weight excluding hydrogens is 301 g/mol. The summed E-state index contributed by atoms with van der Waals surface area (Å²) < 4.78 is 39.8. The van der Waals surface area contributed by atoms with Crippen molar-refractivity contribution < 1.29 is 27.8 Å². The van der Waals surface area contributed by atoms with Crippen molar-refractivity contribution in [3.63, 3.8) is 0 Å². The second-order valence-electron chi connectivity index (χ2n) is 5.18. The number of anilines is 1. The molecule has 0 aromatic heterocycles. The molecule has 0 radical (unpaired) electrons. The second kappa shape index (κ2) is 7.88. The van der Waals surface area contributed by atoms with E-state index < -0.39 is 12.4 Å². The Morgan fingerprint density at radius 3 is 2.32 bits per heavy atom. The summed E-state index contributed by atoms with van der Waals surface area (Å²) in [7, 11) is 0. The van der Waals surface area contributed by atoms with Crippen molar-refractivity contribution in [1.82, 2.24) is 5.32 Å². The third-order valence-corrected chi connectivity index (χ3v) is 2.66. The van der Waals surface area contributed by atoms with Crippen LogP contribution in [0.5, 0.6) is 5.75 Å². The largest absolute Gasteiger partial charge is 0.573 e. The van der Waals surface area contributed by atoms with Crippen molar-refractivity contribution in [3.05, 3.63) is 24.3 Å². The number of carbonyl (C=O) groups is 1. The van der Waals surface area contributed by atoms with Crippen LogP contribution in [-0.2, 0) is 0 Å². The highest BCUT2D eigenvalue weighted by atomic mass is 19.4. The summed E-state index contributed by atoms with van der Waals surface area (Å²) in [4.78, 5) is 11.7. The summed E-state index contributed by atoms with van der Waals surface area (Å²) in [6, 6.07) is 3.85. The Hall–Kier alpha value is -1.96. The molecule has 5 nitrogen and oxygen atoms in total. The van der Waals surface area contributed by atoms with Crippen molar-refractivity contribution in [2.45, 2.75) is 32.7 Å². The molecule has 124 valence electrons. The number of halogens is 3. The monoisotopic (exact) mass is 320 g/mol. The van der Waals surface area contributed by atoms with Gasteiger partial charge in [0.1, 0.15) is 5.75 Å². The van der Waals surface area contributed by atoms with Crippen molar-refractivity contribution in [2.75, 3.05) is 11.9 Å². The van der Waals surface area contributed by atoms with E-state index in [1.54, 1.807) is 0 Å². The first-order valence-corrected chi connectivity index (χ1v) is 6.74. The number of ether oxygens (including phenoxy) is 1. The molecule has 0 aliphatic carbocycles. The number of rotatable bonds is 6. The van der Waals surface area contributed by atoms with E-state index in [4.69, 9.17) is 5.11 Å².